The van der Waals surface area contributed by atoms with E-state index in [-0.39, 0.29) is 26.6 Å². The van der Waals surface area contributed by atoms with Crippen molar-refractivity contribution in [3.63, 3.8) is 0 Å². The van der Waals surface area contributed by atoms with Gasteiger partial charge in [0.2, 0.25) is 0 Å². The fourth-order valence-electron chi connectivity index (χ4n) is 3.08. The van der Waals surface area contributed by atoms with Gasteiger partial charge >= 0.3 is 18.3 Å². The molecule has 0 atom stereocenters. The average molecular weight is 553 g/mol. The number of aromatic nitrogens is 3. The number of carbonyl (C=O) groups is 1. The van der Waals surface area contributed by atoms with Crippen LogP contribution in [0.2, 0.25) is 5.02 Å². The molecule has 3 aromatic rings. The summed E-state index contributed by atoms with van der Waals surface area (Å²) in [4.78, 5) is 12.1. The Morgan fingerprint density at radius 1 is 1.11 bits per heavy atom. The lowest BCUT2D eigenvalue weighted by Gasteiger charge is -2.19. The number of hydrogen-bond acceptors (Lipinski definition) is 4. The zero-order chi connectivity index (χ0) is 27.2. The fraction of sp³-hybridized carbons (Fsp3) is 0.316. The molecule has 196 valence electrons. The molecule has 2 aromatic heterocycles. The third-order valence-corrected chi connectivity index (χ3v) is 4.98. The van der Waals surface area contributed by atoms with E-state index in [9.17, 15) is 48.7 Å². The Hall–Kier alpha value is -3.30. The van der Waals surface area contributed by atoms with E-state index in [0.29, 0.717) is 7.05 Å². The highest BCUT2D eigenvalue weighted by Gasteiger charge is 2.64. The van der Waals surface area contributed by atoms with E-state index in [1.807, 2.05) is 5.32 Å². The van der Waals surface area contributed by atoms with Crippen molar-refractivity contribution in [1.82, 2.24) is 20.3 Å². The minimum atomic E-state index is -6.38. The number of nitrogens with one attached hydrogen (secondary N) is 1. The van der Waals surface area contributed by atoms with Crippen LogP contribution in [0.15, 0.2) is 28.8 Å². The molecule has 36 heavy (non-hydrogen) atoms. The molecule has 0 saturated carbocycles. The van der Waals surface area contributed by atoms with E-state index in [4.69, 9.17) is 16.1 Å². The van der Waals surface area contributed by atoms with Crippen molar-refractivity contribution in [3.05, 3.63) is 46.1 Å². The molecule has 6 nitrogen and oxygen atoms in total. The number of nitrogens with zero attached hydrogens (tertiary/aromatic N) is 3. The van der Waals surface area contributed by atoms with E-state index in [1.54, 1.807) is 0 Å². The number of aryl methyl sites for hydroxylation is 1. The van der Waals surface area contributed by atoms with Gasteiger partial charge in [0.25, 0.3) is 12.3 Å². The van der Waals surface area contributed by atoms with E-state index in [2.05, 4.69) is 10.3 Å². The Labute approximate surface area is 198 Å². The number of benzene rings is 1. The largest absolute Gasteiger partial charge is 0.459 e. The van der Waals surface area contributed by atoms with E-state index in [0.717, 1.165) is 18.2 Å². The maximum Gasteiger partial charge on any atom is 0.459 e. The first-order valence-electron chi connectivity index (χ1n) is 9.37. The Morgan fingerprint density at radius 2 is 1.75 bits per heavy atom. The lowest BCUT2D eigenvalue weighted by atomic mass is 10.0. The van der Waals surface area contributed by atoms with Gasteiger partial charge in [0.1, 0.15) is 17.0 Å². The molecule has 0 radical (unpaired) electrons. The van der Waals surface area contributed by atoms with Crippen LogP contribution in [0.5, 0.6) is 0 Å². The lowest BCUT2D eigenvalue weighted by molar-refractivity contribution is -0.292. The van der Waals surface area contributed by atoms with Crippen molar-refractivity contribution in [1.29, 1.82) is 0 Å². The maximum atomic E-state index is 13.9. The Kier molecular flexibility index (Phi) is 7.04. The van der Waals surface area contributed by atoms with E-state index >= 15 is 0 Å². The van der Waals surface area contributed by atoms with Crippen LogP contribution >= 0.6 is 11.6 Å². The molecule has 0 unspecified atom stereocenters. The SMILES string of the molecule is Cn1nc(C(F)(F)C(F)(F)F)c(C(F)(F)F)c1-c1cc(-c2ccc(Cl)c(C(=O)NCC(F)F)c2)on1. The number of alkyl halides is 10. The standard InChI is InChI=1S/C19H11ClF10N4O2/c1-34-14(13(18(25,26)27)15(32-34)17(23,24)19(28,29)30)10-5-11(36-33-10)7-2-3-9(20)8(4-7)16(35)31-6-12(21)22/h2-5,12H,6H2,1H3,(H,31,35). The minimum absolute atomic E-state index is 0.0584. The van der Waals surface area contributed by atoms with Crippen molar-refractivity contribution >= 4 is 17.5 Å². The number of amides is 1. The zero-order valence-electron chi connectivity index (χ0n) is 17.4. The quantitative estimate of drug-likeness (QED) is 0.377. The molecule has 1 amide bonds. The van der Waals surface area contributed by atoms with Crippen LogP contribution in [0, 0.1) is 0 Å². The highest BCUT2D eigenvalue weighted by Crippen LogP contribution is 2.50. The predicted molar refractivity (Wildman–Crippen MR) is 102 cm³/mol. The Morgan fingerprint density at radius 3 is 2.31 bits per heavy atom. The van der Waals surface area contributed by atoms with Crippen LogP contribution in [0.3, 0.4) is 0 Å². The Bertz CT molecular complexity index is 1280. The summed E-state index contributed by atoms with van der Waals surface area (Å²) in [7, 11) is 0.697. The summed E-state index contributed by atoms with van der Waals surface area (Å²) in [5.74, 6) is -7.33. The van der Waals surface area contributed by atoms with Crippen molar-refractivity contribution in [2.45, 2.75) is 24.7 Å². The van der Waals surface area contributed by atoms with Gasteiger partial charge in [-0.3, -0.25) is 9.48 Å². The van der Waals surface area contributed by atoms with Gasteiger partial charge in [0.05, 0.1) is 17.1 Å². The highest BCUT2D eigenvalue weighted by molar-refractivity contribution is 6.34. The van der Waals surface area contributed by atoms with Gasteiger partial charge in [-0.05, 0) is 18.2 Å². The molecular formula is C19H11ClF10N4O2. The number of hydrogen-bond donors (Lipinski definition) is 1. The van der Waals surface area contributed by atoms with Gasteiger partial charge in [-0.2, -0.15) is 40.2 Å². The minimum Gasteiger partial charge on any atom is -0.356 e. The molecule has 17 heteroatoms. The topological polar surface area (TPSA) is 73.0 Å². The lowest BCUT2D eigenvalue weighted by Crippen LogP contribution is -2.36. The summed E-state index contributed by atoms with van der Waals surface area (Å²) >= 11 is 5.87. The smallest absolute Gasteiger partial charge is 0.356 e. The maximum absolute atomic E-state index is 13.9. The first-order valence-corrected chi connectivity index (χ1v) is 9.75. The van der Waals surface area contributed by atoms with Crippen LogP contribution in [-0.2, 0) is 19.1 Å². The monoisotopic (exact) mass is 552 g/mol. The van der Waals surface area contributed by atoms with Gasteiger partial charge in [-0.25, -0.2) is 8.78 Å². The number of rotatable bonds is 6. The fourth-order valence-corrected chi connectivity index (χ4v) is 3.28. The van der Waals surface area contributed by atoms with Crippen molar-refractivity contribution in [2.24, 2.45) is 7.05 Å². The van der Waals surface area contributed by atoms with Gasteiger partial charge < -0.3 is 9.84 Å². The second kappa shape index (κ2) is 9.29. The highest BCUT2D eigenvalue weighted by atomic mass is 35.5. The molecule has 2 heterocycles. The predicted octanol–water partition coefficient (Wildman–Crippen LogP) is 6.06. The zero-order valence-corrected chi connectivity index (χ0v) is 18.2. The van der Waals surface area contributed by atoms with Crippen molar-refractivity contribution in [2.75, 3.05) is 6.54 Å². The molecule has 0 bridgehead atoms. The van der Waals surface area contributed by atoms with Gasteiger partial charge in [0.15, 0.2) is 11.5 Å². The molecule has 0 spiro atoms. The van der Waals surface area contributed by atoms with E-state index in [1.165, 1.54) is 6.07 Å². The molecule has 0 aliphatic carbocycles. The van der Waals surface area contributed by atoms with Crippen LogP contribution < -0.4 is 5.32 Å². The third-order valence-electron chi connectivity index (χ3n) is 4.65. The second-order valence-electron chi connectivity index (χ2n) is 7.14. The number of halogens is 11. The molecule has 1 N–H and O–H groups in total. The van der Waals surface area contributed by atoms with Crippen LogP contribution in [0.25, 0.3) is 22.7 Å². The normalized spacial score (nSPS) is 12.9. The number of carbonyl (C=O) groups excluding carboxylic acids is 1. The molecule has 1 aromatic carbocycles. The summed E-state index contributed by atoms with van der Waals surface area (Å²) < 4.78 is 137. The summed E-state index contributed by atoms with van der Waals surface area (Å²) in [5, 5.41) is 7.79. The van der Waals surface area contributed by atoms with E-state index < -0.39 is 59.8 Å². The summed E-state index contributed by atoms with van der Waals surface area (Å²) in [5.41, 5.74) is -7.40. The molecule has 0 fully saturated rings. The molecule has 0 aliphatic heterocycles. The second-order valence-corrected chi connectivity index (χ2v) is 7.55. The first-order chi connectivity index (χ1) is 16.4. The summed E-state index contributed by atoms with van der Waals surface area (Å²) in [6.07, 6.45) is -15.0. The molecule has 3 rings (SSSR count). The van der Waals surface area contributed by atoms with Gasteiger partial charge in [0, 0.05) is 18.7 Å². The van der Waals surface area contributed by atoms with Gasteiger partial charge in [-0.15, -0.1) is 0 Å². The molecule has 0 saturated heterocycles. The first kappa shape index (κ1) is 27.3. The summed E-state index contributed by atoms with van der Waals surface area (Å²) in [6, 6.07) is 4.12. The van der Waals surface area contributed by atoms with Crippen LogP contribution in [-0.4, -0.2) is 40.0 Å². The van der Waals surface area contributed by atoms with Crippen molar-refractivity contribution in [3.8, 4) is 22.7 Å². The summed E-state index contributed by atoms with van der Waals surface area (Å²) in [6.45, 7) is -1.00. The Balaban J connectivity index is 2.10. The average Bonchev–Trinajstić information content (AvgIpc) is 3.36. The van der Waals surface area contributed by atoms with Crippen molar-refractivity contribution < 1.29 is 53.2 Å². The van der Waals surface area contributed by atoms with Crippen LogP contribution in [0.4, 0.5) is 43.9 Å². The molecular weight excluding hydrogens is 542 g/mol. The molecule has 0 aliphatic rings. The van der Waals surface area contributed by atoms with Gasteiger partial charge in [-0.1, -0.05) is 16.8 Å². The van der Waals surface area contributed by atoms with Crippen LogP contribution in [0.1, 0.15) is 21.6 Å². The third kappa shape index (κ3) is 5.12.